The maximum absolute atomic E-state index is 11.1. The number of benzene rings is 1. The summed E-state index contributed by atoms with van der Waals surface area (Å²) in [5.41, 5.74) is 2.78. The highest BCUT2D eigenvalue weighted by molar-refractivity contribution is 6.18. The molecule has 0 spiro atoms. The number of likely N-dealkylation sites (N-methyl/N-ethyl adjacent to an activating group) is 1. The molecule has 1 heterocycles. The molecule has 2 rings (SSSR count). The average Bonchev–Trinajstić information content (AvgIpc) is 2.66. The molecule has 0 unspecified atom stereocenters. The smallest absolute Gasteiger partial charge is 0.306 e. The molecule has 17 heavy (non-hydrogen) atoms. The fourth-order valence-corrected chi connectivity index (χ4v) is 2.10. The van der Waals surface area contributed by atoms with Crippen molar-refractivity contribution >= 4 is 22.6 Å². The lowest BCUT2D eigenvalue weighted by Crippen LogP contribution is -2.23. The van der Waals surface area contributed by atoms with Gasteiger partial charge in [0.2, 0.25) is 0 Å². The van der Waals surface area contributed by atoms with E-state index in [1.165, 1.54) is 5.56 Å². The highest BCUT2D eigenvalue weighted by Gasteiger charge is 2.02. The van der Waals surface area contributed by atoms with Crippen LogP contribution in [0.3, 0.4) is 0 Å². The van der Waals surface area contributed by atoms with Crippen LogP contribution in [0.25, 0.3) is 11.0 Å². The van der Waals surface area contributed by atoms with Crippen molar-refractivity contribution in [2.75, 3.05) is 26.0 Å². The quantitative estimate of drug-likeness (QED) is 0.795. The Balaban J connectivity index is 2.06. The Hall–Kier alpha value is -1.26. The van der Waals surface area contributed by atoms with Crippen molar-refractivity contribution in [3.8, 4) is 0 Å². The molecule has 0 atom stereocenters. The minimum Gasteiger partial charge on any atom is -0.306 e. The van der Waals surface area contributed by atoms with E-state index in [0.29, 0.717) is 5.88 Å². The van der Waals surface area contributed by atoms with Crippen LogP contribution in [0.1, 0.15) is 5.56 Å². The second-order valence-corrected chi connectivity index (χ2v) is 4.58. The van der Waals surface area contributed by atoms with E-state index in [1.54, 1.807) is 0 Å². The first-order chi connectivity index (χ1) is 8.19. The Morgan fingerprint density at radius 3 is 2.76 bits per heavy atom. The maximum atomic E-state index is 11.1. The molecule has 0 fully saturated rings. The molecule has 0 saturated heterocycles. The van der Waals surface area contributed by atoms with Crippen molar-refractivity contribution in [3.05, 3.63) is 34.2 Å². The van der Waals surface area contributed by atoms with Crippen LogP contribution in [-0.2, 0) is 6.42 Å². The zero-order chi connectivity index (χ0) is 12.3. The molecule has 0 saturated carbocycles. The average molecular weight is 254 g/mol. The van der Waals surface area contributed by atoms with Gasteiger partial charge in [0.05, 0.1) is 11.0 Å². The molecule has 0 aliphatic heterocycles. The SMILES string of the molecule is CN(CCCl)CCc1ccc2[nH]c(=O)[nH]c2c1. The van der Waals surface area contributed by atoms with Gasteiger partial charge in [0.15, 0.2) is 0 Å². The summed E-state index contributed by atoms with van der Waals surface area (Å²) in [4.78, 5) is 18.8. The predicted molar refractivity (Wildman–Crippen MR) is 70.8 cm³/mol. The Morgan fingerprint density at radius 1 is 1.24 bits per heavy atom. The molecule has 1 aromatic heterocycles. The van der Waals surface area contributed by atoms with E-state index in [4.69, 9.17) is 11.6 Å². The molecule has 1 aromatic carbocycles. The van der Waals surface area contributed by atoms with Gasteiger partial charge in [0, 0.05) is 19.0 Å². The Bertz CT molecular complexity index is 546. The minimum absolute atomic E-state index is 0.156. The van der Waals surface area contributed by atoms with Gasteiger partial charge in [-0.05, 0) is 31.2 Å². The number of fused-ring (bicyclic) bond motifs is 1. The molecule has 0 radical (unpaired) electrons. The number of aromatic nitrogens is 2. The zero-order valence-corrected chi connectivity index (χ0v) is 10.5. The van der Waals surface area contributed by atoms with Crippen LogP contribution < -0.4 is 5.69 Å². The minimum atomic E-state index is -0.156. The lowest BCUT2D eigenvalue weighted by Gasteiger charge is -2.14. The summed E-state index contributed by atoms with van der Waals surface area (Å²) in [7, 11) is 2.05. The molecule has 0 amide bonds. The number of aromatic amines is 2. The van der Waals surface area contributed by atoms with Gasteiger partial charge in [0.25, 0.3) is 0 Å². The third-order valence-corrected chi connectivity index (χ3v) is 3.00. The number of halogens is 1. The molecule has 2 N–H and O–H groups in total. The van der Waals surface area contributed by atoms with Gasteiger partial charge in [-0.3, -0.25) is 0 Å². The lowest BCUT2D eigenvalue weighted by molar-refractivity contribution is 0.359. The van der Waals surface area contributed by atoms with Crippen molar-refractivity contribution < 1.29 is 0 Å². The van der Waals surface area contributed by atoms with Crippen LogP contribution in [-0.4, -0.2) is 40.9 Å². The van der Waals surface area contributed by atoms with Gasteiger partial charge < -0.3 is 14.9 Å². The number of rotatable bonds is 5. The summed E-state index contributed by atoms with van der Waals surface area (Å²) >= 11 is 5.67. The molecule has 0 aliphatic carbocycles. The zero-order valence-electron chi connectivity index (χ0n) is 9.79. The molecule has 4 nitrogen and oxygen atoms in total. The van der Waals surface area contributed by atoms with E-state index in [1.807, 2.05) is 18.2 Å². The molecule has 0 aliphatic rings. The number of nitrogens with one attached hydrogen (secondary N) is 2. The Labute approximate surface area is 105 Å². The van der Waals surface area contributed by atoms with E-state index in [0.717, 1.165) is 30.5 Å². The molecular weight excluding hydrogens is 238 g/mol. The number of hydrogen-bond donors (Lipinski definition) is 2. The predicted octanol–water partition coefficient (Wildman–Crippen LogP) is 1.57. The van der Waals surface area contributed by atoms with Gasteiger partial charge in [-0.2, -0.15) is 0 Å². The van der Waals surface area contributed by atoms with Crippen LogP contribution in [0.15, 0.2) is 23.0 Å². The summed E-state index contributed by atoms with van der Waals surface area (Å²) < 4.78 is 0. The van der Waals surface area contributed by atoms with Crippen molar-refractivity contribution in [2.24, 2.45) is 0 Å². The van der Waals surface area contributed by atoms with E-state index in [9.17, 15) is 4.79 Å². The van der Waals surface area contributed by atoms with Crippen molar-refractivity contribution in [1.29, 1.82) is 0 Å². The highest BCUT2D eigenvalue weighted by Crippen LogP contribution is 2.10. The summed E-state index contributed by atoms with van der Waals surface area (Å²) in [6, 6.07) is 5.99. The third kappa shape index (κ3) is 3.11. The van der Waals surface area contributed by atoms with Gasteiger partial charge in [-0.25, -0.2) is 4.79 Å². The summed E-state index contributed by atoms with van der Waals surface area (Å²) in [6.45, 7) is 1.86. The van der Waals surface area contributed by atoms with Crippen LogP contribution in [0.4, 0.5) is 0 Å². The van der Waals surface area contributed by atoms with E-state index < -0.39 is 0 Å². The van der Waals surface area contributed by atoms with Crippen LogP contribution in [0.5, 0.6) is 0 Å². The van der Waals surface area contributed by atoms with Gasteiger partial charge in [-0.15, -0.1) is 11.6 Å². The third-order valence-electron chi connectivity index (χ3n) is 2.83. The number of imidazole rings is 1. The molecule has 5 heteroatoms. The molecule has 2 aromatic rings. The first-order valence-corrected chi connectivity index (χ1v) is 6.18. The van der Waals surface area contributed by atoms with Crippen molar-refractivity contribution in [1.82, 2.24) is 14.9 Å². The number of H-pyrrole nitrogens is 2. The Kier molecular flexibility index (Phi) is 3.86. The monoisotopic (exact) mass is 253 g/mol. The fraction of sp³-hybridized carbons (Fsp3) is 0.417. The Morgan fingerprint density at radius 2 is 2.00 bits per heavy atom. The largest absolute Gasteiger partial charge is 0.323 e. The van der Waals surface area contributed by atoms with Gasteiger partial charge in [0.1, 0.15) is 0 Å². The van der Waals surface area contributed by atoms with Crippen LogP contribution >= 0.6 is 11.6 Å². The molecular formula is C12H16ClN3O. The van der Waals surface area contributed by atoms with E-state index in [-0.39, 0.29) is 5.69 Å². The first-order valence-electron chi connectivity index (χ1n) is 5.64. The summed E-state index contributed by atoms with van der Waals surface area (Å²) in [6.07, 6.45) is 0.955. The number of alkyl halides is 1. The van der Waals surface area contributed by atoms with Gasteiger partial charge in [-0.1, -0.05) is 6.07 Å². The normalized spacial score (nSPS) is 11.5. The second-order valence-electron chi connectivity index (χ2n) is 4.20. The fourth-order valence-electron chi connectivity index (χ4n) is 1.81. The first kappa shape index (κ1) is 12.2. The standard InChI is InChI=1S/C12H16ClN3O/c1-16(7-5-13)6-4-9-2-3-10-11(8-9)15-12(17)14-10/h2-3,8H,4-7H2,1H3,(H2,14,15,17). The van der Waals surface area contributed by atoms with E-state index in [2.05, 4.69) is 21.9 Å². The topological polar surface area (TPSA) is 51.9 Å². The maximum Gasteiger partial charge on any atom is 0.323 e. The lowest BCUT2D eigenvalue weighted by atomic mass is 10.1. The number of nitrogens with zero attached hydrogens (tertiary/aromatic N) is 1. The van der Waals surface area contributed by atoms with Crippen molar-refractivity contribution in [3.63, 3.8) is 0 Å². The van der Waals surface area contributed by atoms with Crippen LogP contribution in [0, 0.1) is 0 Å². The summed E-state index contributed by atoms with van der Waals surface area (Å²) in [5.74, 6) is 0.653. The molecule has 92 valence electrons. The number of hydrogen-bond acceptors (Lipinski definition) is 2. The summed E-state index contributed by atoms with van der Waals surface area (Å²) in [5, 5.41) is 0. The van der Waals surface area contributed by atoms with Crippen LogP contribution in [0.2, 0.25) is 0 Å². The molecule has 0 bridgehead atoms. The van der Waals surface area contributed by atoms with E-state index >= 15 is 0 Å². The highest BCUT2D eigenvalue weighted by atomic mass is 35.5. The van der Waals surface area contributed by atoms with Crippen molar-refractivity contribution in [2.45, 2.75) is 6.42 Å². The second kappa shape index (κ2) is 5.38. The van der Waals surface area contributed by atoms with Gasteiger partial charge >= 0.3 is 5.69 Å².